The molecule has 0 bridgehead atoms. The number of rotatable bonds is 6. The van der Waals surface area contributed by atoms with Crippen molar-refractivity contribution in [2.45, 2.75) is 6.92 Å². The Labute approximate surface area is 216 Å². The second-order valence-electron chi connectivity index (χ2n) is 8.20. The lowest BCUT2D eigenvalue weighted by Crippen LogP contribution is -2.14. The first-order chi connectivity index (χ1) is 17.7. The molecule has 0 saturated heterocycles. The van der Waals surface area contributed by atoms with Gasteiger partial charge in [0.15, 0.2) is 11.6 Å². The van der Waals surface area contributed by atoms with Gasteiger partial charge in [-0.05, 0) is 54.4 Å². The Morgan fingerprint density at radius 1 is 1.14 bits per heavy atom. The average Bonchev–Trinajstić information content (AvgIpc) is 3.23. The first kappa shape index (κ1) is 25.5. The molecule has 3 aromatic carbocycles. The van der Waals surface area contributed by atoms with Crippen LogP contribution in [0, 0.1) is 29.9 Å². The standard InChI is InChI=1S/C27H20ClF2N5O2/c1-15-8-24-23(32-14-35(24)2)12-19(15)20-10-18(11-21(29)26(20)30)33-27(37)16-5-6-22(17(9-16)13-31)34-25(36)4-3-7-28/h3-6,8-12,14H,7H2,1-2H3,(H,33,37)(H,34,36). The van der Waals surface area contributed by atoms with E-state index in [2.05, 4.69) is 15.6 Å². The molecule has 0 unspecified atom stereocenters. The highest BCUT2D eigenvalue weighted by Gasteiger charge is 2.18. The molecule has 186 valence electrons. The minimum absolute atomic E-state index is 0.0267. The normalized spacial score (nSPS) is 11.0. The first-order valence-corrected chi connectivity index (χ1v) is 11.6. The van der Waals surface area contributed by atoms with E-state index >= 15 is 0 Å². The predicted molar refractivity (Wildman–Crippen MR) is 138 cm³/mol. The minimum Gasteiger partial charge on any atom is -0.334 e. The van der Waals surface area contributed by atoms with Crippen LogP contribution in [0.3, 0.4) is 0 Å². The van der Waals surface area contributed by atoms with Crippen LogP contribution in [-0.4, -0.2) is 27.2 Å². The van der Waals surface area contributed by atoms with Crippen molar-refractivity contribution in [1.82, 2.24) is 9.55 Å². The number of anilines is 2. The number of allylic oxidation sites excluding steroid dienone is 1. The zero-order valence-corrected chi connectivity index (χ0v) is 20.5. The summed E-state index contributed by atoms with van der Waals surface area (Å²) in [5, 5.41) is 14.5. The molecular formula is C27H20ClF2N5O2. The number of hydrogen-bond donors (Lipinski definition) is 2. The van der Waals surface area contributed by atoms with Gasteiger partial charge in [0, 0.05) is 41.9 Å². The Balaban J connectivity index is 1.63. The molecule has 2 amide bonds. The largest absolute Gasteiger partial charge is 0.334 e. The third kappa shape index (κ3) is 5.34. The Morgan fingerprint density at radius 2 is 1.92 bits per heavy atom. The monoisotopic (exact) mass is 519 g/mol. The van der Waals surface area contributed by atoms with E-state index in [4.69, 9.17) is 11.6 Å². The summed E-state index contributed by atoms with van der Waals surface area (Å²) in [7, 11) is 1.84. The fourth-order valence-corrected chi connectivity index (χ4v) is 3.93. The molecule has 0 spiro atoms. The van der Waals surface area contributed by atoms with E-state index in [9.17, 15) is 23.6 Å². The number of imidazole rings is 1. The smallest absolute Gasteiger partial charge is 0.255 e. The highest BCUT2D eigenvalue weighted by Crippen LogP contribution is 2.33. The molecule has 1 aromatic heterocycles. The Bertz CT molecular complexity index is 1620. The number of alkyl halides is 1. The van der Waals surface area contributed by atoms with Gasteiger partial charge in [-0.3, -0.25) is 9.59 Å². The first-order valence-electron chi connectivity index (χ1n) is 11.0. The van der Waals surface area contributed by atoms with Crippen molar-refractivity contribution in [2.75, 3.05) is 16.5 Å². The number of aromatic nitrogens is 2. The van der Waals surface area contributed by atoms with Crippen LogP contribution in [0.5, 0.6) is 0 Å². The number of amides is 2. The number of aryl methyl sites for hydroxylation is 2. The molecule has 0 fully saturated rings. The van der Waals surface area contributed by atoms with Crippen LogP contribution in [0.25, 0.3) is 22.2 Å². The molecule has 0 radical (unpaired) electrons. The Hall–Kier alpha value is -4.55. The molecule has 4 rings (SSSR count). The van der Waals surface area contributed by atoms with Gasteiger partial charge in [0.25, 0.3) is 5.91 Å². The summed E-state index contributed by atoms with van der Waals surface area (Å²) in [5.41, 5.74) is 2.94. The molecule has 7 nitrogen and oxygen atoms in total. The molecule has 10 heteroatoms. The van der Waals surface area contributed by atoms with Crippen molar-refractivity contribution in [1.29, 1.82) is 5.26 Å². The molecule has 0 aliphatic rings. The number of nitriles is 1. The van der Waals surface area contributed by atoms with Gasteiger partial charge < -0.3 is 15.2 Å². The molecule has 0 atom stereocenters. The number of nitrogens with one attached hydrogen (secondary N) is 2. The lowest BCUT2D eigenvalue weighted by molar-refractivity contribution is -0.111. The molecule has 0 aliphatic carbocycles. The summed E-state index contributed by atoms with van der Waals surface area (Å²) in [6.45, 7) is 1.78. The van der Waals surface area contributed by atoms with Gasteiger partial charge in [0.2, 0.25) is 5.91 Å². The Morgan fingerprint density at radius 3 is 2.65 bits per heavy atom. The van der Waals surface area contributed by atoms with Crippen LogP contribution in [0.15, 0.2) is 60.9 Å². The third-order valence-electron chi connectivity index (χ3n) is 5.67. The van der Waals surface area contributed by atoms with Crippen molar-refractivity contribution in [3.8, 4) is 17.2 Å². The van der Waals surface area contributed by atoms with Gasteiger partial charge in [0.05, 0.1) is 28.6 Å². The second-order valence-corrected chi connectivity index (χ2v) is 8.51. The van der Waals surface area contributed by atoms with Crippen molar-refractivity contribution in [3.63, 3.8) is 0 Å². The fourth-order valence-electron chi connectivity index (χ4n) is 3.84. The summed E-state index contributed by atoms with van der Waals surface area (Å²) < 4.78 is 31.2. The lowest BCUT2D eigenvalue weighted by atomic mass is 9.98. The van der Waals surface area contributed by atoms with Crippen LogP contribution < -0.4 is 10.6 Å². The maximum Gasteiger partial charge on any atom is 0.255 e. The molecule has 0 saturated carbocycles. The van der Waals surface area contributed by atoms with E-state index in [-0.39, 0.29) is 33.9 Å². The van der Waals surface area contributed by atoms with Gasteiger partial charge >= 0.3 is 0 Å². The quantitative estimate of drug-likeness (QED) is 0.253. The van der Waals surface area contributed by atoms with E-state index in [1.807, 2.05) is 23.8 Å². The number of carbonyl (C=O) groups is 2. The van der Waals surface area contributed by atoms with Crippen LogP contribution in [0.4, 0.5) is 20.2 Å². The highest BCUT2D eigenvalue weighted by atomic mass is 35.5. The molecule has 4 aromatic rings. The van der Waals surface area contributed by atoms with Crippen molar-refractivity contribution < 1.29 is 18.4 Å². The zero-order valence-electron chi connectivity index (χ0n) is 19.8. The highest BCUT2D eigenvalue weighted by molar-refractivity contribution is 6.19. The maximum atomic E-state index is 14.8. The van der Waals surface area contributed by atoms with Gasteiger partial charge in [-0.15, -0.1) is 11.6 Å². The average molecular weight is 520 g/mol. The molecule has 0 aliphatic heterocycles. The van der Waals surface area contributed by atoms with E-state index in [0.29, 0.717) is 16.6 Å². The van der Waals surface area contributed by atoms with E-state index in [1.165, 1.54) is 36.4 Å². The Kier molecular flexibility index (Phi) is 7.32. The van der Waals surface area contributed by atoms with Crippen LogP contribution in [-0.2, 0) is 11.8 Å². The maximum absolute atomic E-state index is 14.8. The van der Waals surface area contributed by atoms with Gasteiger partial charge in [-0.25, -0.2) is 13.8 Å². The van der Waals surface area contributed by atoms with Crippen LogP contribution in [0.1, 0.15) is 21.5 Å². The van der Waals surface area contributed by atoms with Crippen molar-refractivity contribution in [2.24, 2.45) is 7.05 Å². The molecule has 37 heavy (non-hydrogen) atoms. The number of carbonyl (C=O) groups excluding carboxylic acids is 2. The molecule has 2 N–H and O–H groups in total. The number of hydrogen-bond acceptors (Lipinski definition) is 4. The predicted octanol–water partition coefficient (Wildman–Crippen LogP) is 5.68. The lowest BCUT2D eigenvalue weighted by Gasteiger charge is -2.13. The minimum atomic E-state index is -1.13. The molecular weight excluding hydrogens is 500 g/mol. The molecule has 1 heterocycles. The number of halogens is 3. The summed E-state index contributed by atoms with van der Waals surface area (Å²) in [6, 6.07) is 11.7. The summed E-state index contributed by atoms with van der Waals surface area (Å²) in [5.74, 6) is -3.16. The van der Waals surface area contributed by atoms with Gasteiger partial charge in [-0.1, -0.05) is 6.08 Å². The van der Waals surface area contributed by atoms with E-state index in [1.54, 1.807) is 19.3 Å². The van der Waals surface area contributed by atoms with Crippen molar-refractivity contribution >= 4 is 45.8 Å². The summed E-state index contributed by atoms with van der Waals surface area (Å²) in [6.07, 6.45) is 4.30. The third-order valence-corrected chi connectivity index (χ3v) is 5.84. The summed E-state index contributed by atoms with van der Waals surface area (Å²) >= 11 is 5.51. The van der Waals surface area contributed by atoms with E-state index < -0.39 is 23.4 Å². The van der Waals surface area contributed by atoms with Crippen molar-refractivity contribution in [3.05, 3.63) is 89.3 Å². The number of nitrogens with zero attached hydrogens (tertiary/aromatic N) is 3. The van der Waals surface area contributed by atoms with Gasteiger partial charge in [-0.2, -0.15) is 5.26 Å². The SMILES string of the molecule is Cc1cc2c(cc1-c1cc(NC(=O)c3ccc(NC(=O)C=CCCl)c(C#N)c3)cc(F)c1F)ncn2C. The second kappa shape index (κ2) is 10.6. The van der Waals surface area contributed by atoms with E-state index in [0.717, 1.165) is 11.6 Å². The van der Waals surface area contributed by atoms with Crippen LogP contribution in [0.2, 0.25) is 0 Å². The number of fused-ring (bicyclic) bond motifs is 1. The van der Waals surface area contributed by atoms with Gasteiger partial charge in [0.1, 0.15) is 6.07 Å². The topological polar surface area (TPSA) is 99.8 Å². The summed E-state index contributed by atoms with van der Waals surface area (Å²) in [4.78, 5) is 29.1. The zero-order chi connectivity index (χ0) is 26.7. The fraction of sp³-hybridized carbons (Fsp3) is 0.111. The van der Waals surface area contributed by atoms with Crippen LogP contribution >= 0.6 is 11.6 Å². The number of benzene rings is 3.